The molecule has 0 bridgehead atoms. The molecule has 2 heterocycles. The van der Waals surface area contributed by atoms with Crippen LogP contribution in [-0.2, 0) is 13.0 Å². The van der Waals surface area contributed by atoms with Crippen molar-refractivity contribution in [3.05, 3.63) is 47.3 Å². The van der Waals surface area contributed by atoms with E-state index in [9.17, 15) is 0 Å². The molecule has 2 N–H and O–H groups in total. The molecule has 0 saturated carbocycles. The molecule has 1 aromatic carbocycles. The first-order chi connectivity index (χ1) is 8.78. The predicted molar refractivity (Wildman–Crippen MR) is 71.5 cm³/mol. The summed E-state index contributed by atoms with van der Waals surface area (Å²) in [7, 11) is 0. The third kappa shape index (κ3) is 1.87. The molecule has 1 aliphatic heterocycles. The van der Waals surface area contributed by atoms with Crippen molar-refractivity contribution in [3.63, 3.8) is 0 Å². The molecule has 0 saturated heterocycles. The molecule has 2 aromatic rings. The van der Waals surface area contributed by atoms with Crippen molar-refractivity contribution in [2.75, 3.05) is 6.61 Å². The van der Waals surface area contributed by atoms with Crippen molar-refractivity contribution in [1.29, 1.82) is 0 Å². The Kier molecular flexibility index (Phi) is 2.76. The largest absolute Gasteiger partial charge is 0.493 e. The number of fused-ring (bicyclic) bond motifs is 1. The van der Waals surface area contributed by atoms with E-state index in [0.29, 0.717) is 6.54 Å². The van der Waals surface area contributed by atoms with E-state index in [1.807, 2.05) is 19.2 Å². The van der Waals surface area contributed by atoms with Crippen LogP contribution in [0.5, 0.6) is 5.75 Å². The van der Waals surface area contributed by atoms with Gasteiger partial charge in [-0.25, -0.2) is 0 Å². The fraction of sp³-hybridized carbons (Fsp3) is 0.267. The van der Waals surface area contributed by atoms with Crippen molar-refractivity contribution in [1.82, 2.24) is 4.98 Å². The Balaban J connectivity index is 2.13. The number of ether oxygens (including phenoxy) is 1. The van der Waals surface area contributed by atoms with Crippen molar-refractivity contribution in [2.45, 2.75) is 19.9 Å². The topological polar surface area (TPSA) is 48.1 Å². The molecule has 3 nitrogen and oxygen atoms in total. The predicted octanol–water partition coefficient (Wildman–Crippen LogP) is 2.45. The first kappa shape index (κ1) is 11.2. The number of aromatic nitrogens is 1. The van der Waals surface area contributed by atoms with Gasteiger partial charge < -0.3 is 10.5 Å². The van der Waals surface area contributed by atoms with Gasteiger partial charge in [-0.05, 0) is 47.9 Å². The van der Waals surface area contributed by atoms with E-state index >= 15 is 0 Å². The van der Waals surface area contributed by atoms with Gasteiger partial charge in [0, 0.05) is 30.4 Å². The van der Waals surface area contributed by atoms with Gasteiger partial charge in [0.15, 0.2) is 0 Å². The second kappa shape index (κ2) is 4.42. The van der Waals surface area contributed by atoms with Crippen molar-refractivity contribution in [3.8, 4) is 16.9 Å². The number of rotatable bonds is 2. The summed E-state index contributed by atoms with van der Waals surface area (Å²) >= 11 is 0. The van der Waals surface area contributed by atoms with Gasteiger partial charge in [0.2, 0.25) is 0 Å². The van der Waals surface area contributed by atoms with Crippen LogP contribution < -0.4 is 10.5 Å². The quantitative estimate of drug-likeness (QED) is 0.877. The number of hydrogen-bond acceptors (Lipinski definition) is 3. The Morgan fingerprint density at radius 1 is 1.28 bits per heavy atom. The van der Waals surface area contributed by atoms with Gasteiger partial charge in [0.1, 0.15) is 5.75 Å². The van der Waals surface area contributed by atoms with Crippen molar-refractivity contribution < 1.29 is 4.74 Å². The SMILES string of the molecule is Cc1cc(-c2cc(CN)c3c(c2)CCO3)ccn1. The third-order valence-corrected chi connectivity index (χ3v) is 3.31. The number of aryl methyl sites for hydroxylation is 1. The highest BCUT2D eigenvalue weighted by Gasteiger charge is 2.17. The normalized spacial score (nSPS) is 13.2. The minimum atomic E-state index is 0.514. The molecule has 18 heavy (non-hydrogen) atoms. The minimum Gasteiger partial charge on any atom is -0.493 e. The molecule has 0 fully saturated rings. The van der Waals surface area contributed by atoms with E-state index < -0.39 is 0 Å². The molecule has 0 spiro atoms. The van der Waals surface area contributed by atoms with Gasteiger partial charge in [-0.3, -0.25) is 4.98 Å². The van der Waals surface area contributed by atoms with Crippen LogP contribution in [-0.4, -0.2) is 11.6 Å². The zero-order chi connectivity index (χ0) is 12.5. The van der Waals surface area contributed by atoms with E-state index in [1.165, 1.54) is 16.7 Å². The van der Waals surface area contributed by atoms with Crippen molar-refractivity contribution in [2.24, 2.45) is 5.73 Å². The maximum atomic E-state index is 5.81. The molecule has 0 amide bonds. The summed E-state index contributed by atoms with van der Waals surface area (Å²) in [5, 5.41) is 0. The summed E-state index contributed by atoms with van der Waals surface area (Å²) in [5.41, 5.74) is 11.6. The summed E-state index contributed by atoms with van der Waals surface area (Å²) in [4.78, 5) is 4.23. The first-order valence-electron chi connectivity index (χ1n) is 6.19. The van der Waals surface area contributed by atoms with Gasteiger partial charge in [0.05, 0.1) is 6.61 Å². The monoisotopic (exact) mass is 240 g/mol. The second-order valence-electron chi connectivity index (χ2n) is 4.61. The average molecular weight is 240 g/mol. The van der Waals surface area contributed by atoms with E-state index in [-0.39, 0.29) is 0 Å². The summed E-state index contributed by atoms with van der Waals surface area (Å²) in [6.45, 7) is 3.28. The highest BCUT2D eigenvalue weighted by molar-refractivity contribution is 5.68. The van der Waals surface area contributed by atoms with E-state index in [4.69, 9.17) is 10.5 Å². The van der Waals surface area contributed by atoms with Gasteiger partial charge in [-0.15, -0.1) is 0 Å². The summed E-state index contributed by atoms with van der Waals surface area (Å²) in [6.07, 6.45) is 2.82. The molecule has 0 unspecified atom stereocenters. The fourth-order valence-corrected chi connectivity index (χ4v) is 2.43. The number of benzene rings is 1. The zero-order valence-electron chi connectivity index (χ0n) is 10.4. The summed E-state index contributed by atoms with van der Waals surface area (Å²) in [6, 6.07) is 8.46. The summed E-state index contributed by atoms with van der Waals surface area (Å²) < 4.78 is 5.64. The number of nitrogens with zero attached hydrogens (tertiary/aromatic N) is 1. The molecular formula is C15H16N2O. The molecule has 0 radical (unpaired) electrons. The van der Waals surface area contributed by atoms with Crippen LogP contribution in [0, 0.1) is 6.92 Å². The Morgan fingerprint density at radius 2 is 2.17 bits per heavy atom. The lowest BCUT2D eigenvalue weighted by Gasteiger charge is -2.10. The minimum absolute atomic E-state index is 0.514. The van der Waals surface area contributed by atoms with E-state index in [1.54, 1.807) is 0 Å². The zero-order valence-corrected chi connectivity index (χ0v) is 10.4. The highest BCUT2D eigenvalue weighted by Crippen LogP contribution is 2.34. The van der Waals surface area contributed by atoms with Crippen LogP contribution >= 0.6 is 0 Å². The van der Waals surface area contributed by atoms with Crippen LogP contribution in [0.3, 0.4) is 0 Å². The van der Waals surface area contributed by atoms with Crippen LogP contribution in [0.25, 0.3) is 11.1 Å². The van der Waals surface area contributed by atoms with Crippen LogP contribution in [0.15, 0.2) is 30.5 Å². The lowest BCUT2D eigenvalue weighted by Crippen LogP contribution is -2.00. The molecule has 0 atom stereocenters. The summed E-state index contributed by atoms with van der Waals surface area (Å²) in [5.74, 6) is 0.993. The third-order valence-electron chi connectivity index (χ3n) is 3.31. The number of pyridine rings is 1. The first-order valence-corrected chi connectivity index (χ1v) is 6.19. The van der Waals surface area contributed by atoms with Crippen LogP contribution in [0.4, 0.5) is 0 Å². The fourth-order valence-electron chi connectivity index (χ4n) is 2.43. The van der Waals surface area contributed by atoms with Gasteiger partial charge in [0.25, 0.3) is 0 Å². The molecule has 0 aliphatic carbocycles. The average Bonchev–Trinajstić information content (AvgIpc) is 2.85. The lowest BCUT2D eigenvalue weighted by molar-refractivity contribution is 0.353. The Morgan fingerprint density at radius 3 is 2.94 bits per heavy atom. The standard InChI is InChI=1S/C15H16N2O/c1-10-6-11(2-4-17-10)13-7-12-3-5-18-15(12)14(8-13)9-16/h2,4,6-8H,3,5,9,16H2,1H3. The maximum Gasteiger partial charge on any atom is 0.127 e. The lowest BCUT2D eigenvalue weighted by atomic mass is 9.98. The molecule has 3 rings (SSSR count). The van der Waals surface area contributed by atoms with Gasteiger partial charge >= 0.3 is 0 Å². The van der Waals surface area contributed by atoms with E-state index in [2.05, 4.69) is 23.2 Å². The second-order valence-corrected chi connectivity index (χ2v) is 4.61. The molecular weight excluding hydrogens is 224 g/mol. The number of hydrogen-bond donors (Lipinski definition) is 1. The number of nitrogens with two attached hydrogens (primary N) is 1. The van der Waals surface area contributed by atoms with Gasteiger partial charge in [-0.2, -0.15) is 0 Å². The van der Waals surface area contributed by atoms with E-state index in [0.717, 1.165) is 30.0 Å². The molecule has 92 valence electrons. The van der Waals surface area contributed by atoms with Crippen LogP contribution in [0.1, 0.15) is 16.8 Å². The Hall–Kier alpha value is -1.87. The highest BCUT2D eigenvalue weighted by atomic mass is 16.5. The van der Waals surface area contributed by atoms with Crippen molar-refractivity contribution >= 4 is 0 Å². The maximum absolute atomic E-state index is 5.81. The Labute approximate surface area is 107 Å². The molecule has 3 heteroatoms. The van der Waals surface area contributed by atoms with Gasteiger partial charge in [-0.1, -0.05) is 0 Å². The Bertz CT molecular complexity index is 593. The van der Waals surface area contributed by atoms with Crippen LogP contribution in [0.2, 0.25) is 0 Å². The molecule has 1 aromatic heterocycles. The molecule has 1 aliphatic rings. The smallest absolute Gasteiger partial charge is 0.127 e.